The minimum absolute atomic E-state index is 0.131. The standard InChI is InChI=1S/C13H18FN3O/c1-13(2)6-10(13)16-7-8-4-3-5-9(11(8)14)12(15)17-18/h3-5,10,16,18H,6-7H2,1-2H3,(H2,15,17). The predicted molar refractivity (Wildman–Crippen MR) is 67.9 cm³/mol. The average Bonchev–Trinajstić information content (AvgIpc) is 2.95. The third-order valence-electron chi connectivity index (χ3n) is 3.51. The van der Waals surface area contributed by atoms with Crippen molar-refractivity contribution < 1.29 is 9.60 Å². The normalized spacial score (nSPS) is 21.9. The maximum absolute atomic E-state index is 14.1. The summed E-state index contributed by atoms with van der Waals surface area (Å²) in [7, 11) is 0. The highest BCUT2D eigenvalue weighted by Gasteiger charge is 2.45. The Morgan fingerprint density at radius 3 is 2.83 bits per heavy atom. The van der Waals surface area contributed by atoms with Gasteiger partial charge in [0.25, 0.3) is 0 Å². The first-order chi connectivity index (χ1) is 8.45. The molecule has 18 heavy (non-hydrogen) atoms. The monoisotopic (exact) mass is 251 g/mol. The Kier molecular flexibility index (Phi) is 3.26. The number of rotatable bonds is 4. The summed E-state index contributed by atoms with van der Waals surface area (Å²) < 4.78 is 14.1. The summed E-state index contributed by atoms with van der Waals surface area (Å²) in [6.07, 6.45) is 1.11. The van der Waals surface area contributed by atoms with Crippen LogP contribution in [-0.2, 0) is 6.54 Å². The van der Waals surface area contributed by atoms with Crippen LogP contribution in [0.3, 0.4) is 0 Å². The molecule has 0 aliphatic heterocycles. The Hall–Kier alpha value is -1.62. The van der Waals surface area contributed by atoms with Gasteiger partial charge in [-0.25, -0.2) is 4.39 Å². The number of oxime groups is 1. The fourth-order valence-electron chi connectivity index (χ4n) is 2.02. The molecule has 4 nitrogen and oxygen atoms in total. The Bertz CT molecular complexity index is 485. The summed E-state index contributed by atoms with van der Waals surface area (Å²) >= 11 is 0. The topological polar surface area (TPSA) is 70.6 Å². The quantitative estimate of drug-likeness (QED) is 0.331. The van der Waals surface area contributed by atoms with Crippen LogP contribution in [-0.4, -0.2) is 17.1 Å². The summed E-state index contributed by atoms with van der Waals surface area (Å²) in [5, 5.41) is 14.7. The van der Waals surface area contributed by atoms with Crippen LogP contribution >= 0.6 is 0 Å². The third kappa shape index (κ3) is 2.46. The van der Waals surface area contributed by atoms with E-state index in [1.54, 1.807) is 12.1 Å². The van der Waals surface area contributed by atoms with Gasteiger partial charge in [-0.3, -0.25) is 0 Å². The van der Waals surface area contributed by atoms with E-state index in [2.05, 4.69) is 24.3 Å². The molecule has 0 bridgehead atoms. The summed E-state index contributed by atoms with van der Waals surface area (Å²) in [6.45, 7) is 4.80. The molecule has 0 aromatic heterocycles. The van der Waals surface area contributed by atoms with Gasteiger partial charge in [0.15, 0.2) is 5.84 Å². The first-order valence-electron chi connectivity index (χ1n) is 5.94. The summed E-state index contributed by atoms with van der Waals surface area (Å²) in [4.78, 5) is 0. The van der Waals surface area contributed by atoms with Crippen molar-refractivity contribution in [2.24, 2.45) is 16.3 Å². The van der Waals surface area contributed by atoms with E-state index in [4.69, 9.17) is 10.9 Å². The molecule has 0 heterocycles. The number of hydrogen-bond donors (Lipinski definition) is 3. The molecule has 0 radical (unpaired) electrons. The van der Waals surface area contributed by atoms with Crippen molar-refractivity contribution in [2.45, 2.75) is 32.9 Å². The molecule has 1 atom stereocenters. The first kappa shape index (κ1) is 12.8. The lowest BCUT2D eigenvalue weighted by molar-refractivity contribution is 0.318. The molecular weight excluding hydrogens is 233 g/mol. The Morgan fingerprint density at radius 1 is 1.61 bits per heavy atom. The van der Waals surface area contributed by atoms with Crippen molar-refractivity contribution in [3.63, 3.8) is 0 Å². The summed E-state index contributed by atoms with van der Waals surface area (Å²) in [6, 6.07) is 5.33. The van der Waals surface area contributed by atoms with E-state index in [9.17, 15) is 4.39 Å². The van der Waals surface area contributed by atoms with Crippen LogP contribution in [0.5, 0.6) is 0 Å². The number of amidine groups is 1. The molecule has 0 saturated heterocycles. The van der Waals surface area contributed by atoms with Crippen LogP contribution < -0.4 is 11.1 Å². The molecule has 1 unspecified atom stereocenters. The molecule has 0 amide bonds. The van der Waals surface area contributed by atoms with Gasteiger partial charge < -0.3 is 16.3 Å². The zero-order valence-corrected chi connectivity index (χ0v) is 10.6. The van der Waals surface area contributed by atoms with Gasteiger partial charge in [-0.2, -0.15) is 0 Å². The SMILES string of the molecule is CC1(C)CC1NCc1cccc(/C(N)=N/O)c1F. The van der Waals surface area contributed by atoms with Crippen LogP contribution in [0.25, 0.3) is 0 Å². The molecule has 2 rings (SSSR count). The van der Waals surface area contributed by atoms with Crippen molar-refractivity contribution in [3.8, 4) is 0 Å². The number of nitrogens with zero attached hydrogens (tertiary/aromatic N) is 1. The second-order valence-electron chi connectivity index (χ2n) is 5.39. The molecular formula is C13H18FN3O. The highest BCUT2D eigenvalue weighted by atomic mass is 19.1. The minimum atomic E-state index is -0.432. The molecule has 1 aliphatic rings. The van der Waals surface area contributed by atoms with Crippen molar-refractivity contribution in [1.29, 1.82) is 0 Å². The lowest BCUT2D eigenvalue weighted by atomic mass is 10.1. The van der Waals surface area contributed by atoms with Gasteiger partial charge >= 0.3 is 0 Å². The number of hydrogen-bond acceptors (Lipinski definition) is 3. The highest BCUT2D eigenvalue weighted by molar-refractivity contribution is 5.97. The fourth-order valence-corrected chi connectivity index (χ4v) is 2.02. The predicted octanol–water partition coefficient (Wildman–Crippen LogP) is 1.81. The number of benzene rings is 1. The number of nitrogens with one attached hydrogen (secondary N) is 1. The Labute approximate surface area is 106 Å². The van der Waals surface area contributed by atoms with E-state index in [0.717, 1.165) is 6.42 Å². The number of halogens is 1. The van der Waals surface area contributed by atoms with Crippen LogP contribution in [0.15, 0.2) is 23.4 Å². The molecule has 98 valence electrons. The van der Waals surface area contributed by atoms with Gasteiger partial charge in [-0.1, -0.05) is 31.1 Å². The zero-order valence-electron chi connectivity index (χ0n) is 10.6. The number of nitrogens with two attached hydrogens (primary N) is 1. The van der Waals surface area contributed by atoms with Gasteiger partial charge in [-0.05, 0) is 17.9 Å². The maximum atomic E-state index is 14.1. The van der Waals surface area contributed by atoms with Crippen LogP contribution in [0, 0.1) is 11.2 Å². The molecule has 1 fully saturated rings. The second kappa shape index (κ2) is 4.57. The van der Waals surface area contributed by atoms with Crippen LogP contribution in [0.1, 0.15) is 31.4 Å². The highest BCUT2D eigenvalue weighted by Crippen LogP contribution is 2.44. The van der Waals surface area contributed by atoms with Gasteiger partial charge in [0.2, 0.25) is 0 Å². The van der Waals surface area contributed by atoms with E-state index in [1.807, 2.05) is 0 Å². The Morgan fingerprint density at radius 2 is 2.28 bits per heavy atom. The van der Waals surface area contributed by atoms with E-state index in [1.165, 1.54) is 6.07 Å². The van der Waals surface area contributed by atoms with E-state index < -0.39 is 5.82 Å². The van der Waals surface area contributed by atoms with Crippen molar-refractivity contribution in [2.75, 3.05) is 0 Å². The maximum Gasteiger partial charge on any atom is 0.173 e. The molecule has 0 spiro atoms. The lowest BCUT2D eigenvalue weighted by Gasteiger charge is -2.09. The average molecular weight is 251 g/mol. The van der Waals surface area contributed by atoms with Crippen LogP contribution in [0.2, 0.25) is 0 Å². The van der Waals surface area contributed by atoms with Gasteiger partial charge in [0.1, 0.15) is 5.82 Å². The first-order valence-corrected chi connectivity index (χ1v) is 5.94. The Balaban J connectivity index is 2.09. The second-order valence-corrected chi connectivity index (χ2v) is 5.39. The fraction of sp³-hybridized carbons (Fsp3) is 0.462. The molecule has 1 aromatic carbocycles. The third-order valence-corrected chi connectivity index (χ3v) is 3.51. The van der Waals surface area contributed by atoms with Gasteiger partial charge in [0, 0.05) is 18.2 Å². The largest absolute Gasteiger partial charge is 0.409 e. The molecule has 4 N–H and O–H groups in total. The zero-order chi connectivity index (χ0) is 13.3. The van der Waals surface area contributed by atoms with Crippen LogP contribution in [0.4, 0.5) is 4.39 Å². The van der Waals surface area contributed by atoms with Crippen molar-refractivity contribution in [3.05, 3.63) is 35.1 Å². The molecule has 1 aromatic rings. The van der Waals surface area contributed by atoms with Gasteiger partial charge in [0.05, 0.1) is 5.56 Å². The smallest absolute Gasteiger partial charge is 0.173 e. The van der Waals surface area contributed by atoms with Crippen molar-refractivity contribution >= 4 is 5.84 Å². The molecule has 5 heteroatoms. The summed E-state index contributed by atoms with van der Waals surface area (Å²) in [5.41, 5.74) is 6.38. The van der Waals surface area contributed by atoms with Crippen molar-refractivity contribution in [1.82, 2.24) is 5.32 Å². The van der Waals surface area contributed by atoms with E-state index in [-0.39, 0.29) is 11.4 Å². The molecule has 1 aliphatic carbocycles. The summed E-state index contributed by atoms with van der Waals surface area (Å²) in [5.74, 6) is -0.639. The minimum Gasteiger partial charge on any atom is -0.409 e. The van der Waals surface area contributed by atoms with E-state index >= 15 is 0 Å². The molecule has 1 saturated carbocycles. The lowest BCUT2D eigenvalue weighted by Crippen LogP contribution is -2.22. The van der Waals surface area contributed by atoms with E-state index in [0.29, 0.717) is 23.6 Å². The van der Waals surface area contributed by atoms with Gasteiger partial charge in [-0.15, -0.1) is 0 Å².